The summed E-state index contributed by atoms with van der Waals surface area (Å²) in [5.74, 6) is 0.560. The van der Waals surface area contributed by atoms with Crippen LogP contribution in [0.25, 0.3) is 10.9 Å². The van der Waals surface area contributed by atoms with Crippen LogP contribution in [0, 0.1) is 6.92 Å². The second kappa shape index (κ2) is 9.85. The summed E-state index contributed by atoms with van der Waals surface area (Å²) < 4.78 is 2.90. The van der Waals surface area contributed by atoms with E-state index in [-0.39, 0.29) is 0 Å². The van der Waals surface area contributed by atoms with Crippen LogP contribution in [0.2, 0.25) is 0 Å². The van der Waals surface area contributed by atoms with Crippen LogP contribution in [0.5, 0.6) is 0 Å². The fraction of sp³-hybridized carbons (Fsp3) is 0.0417. The van der Waals surface area contributed by atoms with E-state index in [1.54, 1.807) is 6.21 Å². The zero-order chi connectivity index (χ0) is 21.8. The number of nitrogens with one attached hydrogen (secondary N) is 1. The van der Waals surface area contributed by atoms with Crippen molar-refractivity contribution in [2.75, 3.05) is 0 Å². The maximum atomic E-state index is 4.88. The van der Waals surface area contributed by atoms with E-state index in [0.717, 1.165) is 41.1 Å². The molecule has 0 atom stereocenters. The first kappa shape index (κ1) is 21.9. The first-order valence-electron chi connectivity index (χ1n) is 9.45. The number of aliphatic imine (C=N–C) groups is 1. The quantitative estimate of drug-likeness (QED) is 0.150. The third-order valence-corrected chi connectivity index (χ3v) is 6.13. The molecule has 0 spiro atoms. The smallest absolute Gasteiger partial charge is 0.173 e. The van der Waals surface area contributed by atoms with E-state index in [9.17, 15) is 0 Å². The van der Waals surface area contributed by atoms with Crippen molar-refractivity contribution in [2.24, 2.45) is 10.1 Å². The molecule has 1 N–H and O–H groups in total. The highest BCUT2D eigenvalue weighted by Crippen LogP contribution is 2.33. The Labute approximate surface area is 205 Å². The average molecular weight is 601 g/mol. The molecule has 4 nitrogen and oxygen atoms in total. The predicted octanol–water partition coefficient (Wildman–Crippen LogP) is 7.53. The van der Waals surface area contributed by atoms with Crippen LogP contribution in [0.3, 0.4) is 0 Å². The predicted molar refractivity (Wildman–Crippen MR) is 139 cm³/mol. The number of aromatic nitrogens is 1. The number of benzene rings is 3. The van der Waals surface area contributed by atoms with Crippen LogP contribution in [0.4, 0.5) is 5.69 Å². The number of nitrogens with zero attached hydrogens (tertiary/aromatic N) is 3. The Morgan fingerprint density at radius 3 is 2.45 bits per heavy atom. The minimum atomic E-state index is 0.560. The van der Waals surface area contributed by atoms with Crippen LogP contribution < -0.4 is 5.43 Å². The van der Waals surface area contributed by atoms with Crippen molar-refractivity contribution in [1.29, 1.82) is 0 Å². The molecule has 1 aromatic heterocycles. The van der Waals surface area contributed by atoms with Gasteiger partial charge in [-0.05, 0) is 70.4 Å². The van der Waals surface area contributed by atoms with Crippen molar-refractivity contribution in [2.45, 2.75) is 6.92 Å². The molecule has 31 heavy (non-hydrogen) atoms. The van der Waals surface area contributed by atoms with Crippen LogP contribution >= 0.6 is 47.8 Å². The average Bonchev–Trinajstić information content (AvgIpc) is 2.76. The van der Waals surface area contributed by atoms with Crippen molar-refractivity contribution in [3.63, 3.8) is 0 Å². The van der Waals surface area contributed by atoms with Crippen LogP contribution in [0.1, 0.15) is 16.8 Å². The second-order valence-corrected chi connectivity index (χ2v) is 9.51. The molecular weight excluding hydrogens is 584 g/mol. The lowest BCUT2D eigenvalue weighted by Gasteiger charge is -2.10. The number of hydrogen-bond acceptors (Lipinski definition) is 3. The van der Waals surface area contributed by atoms with Gasteiger partial charge >= 0.3 is 0 Å². The van der Waals surface area contributed by atoms with Crippen molar-refractivity contribution in [3.05, 3.63) is 103 Å². The molecule has 0 bridgehead atoms. The lowest BCUT2D eigenvalue weighted by atomic mass is 10.2. The normalized spacial score (nSPS) is 11.9. The third kappa shape index (κ3) is 5.47. The van der Waals surface area contributed by atoms with Gasteiger partial charge < -0.3 is 0 Å². The number of rotatable bonds is 4. The largest absolute Gasteiger partial charge is 0.260 e. The standard InChI is InChI=1S/C24H17Br3N4/c1-15-12-19(26)13-20(27)23(15)30-24(31-28-14-16-6-9-18(25)10-7-16)22-11-8-17-4-2-3-5-21(17)29-22/h2-14H,1H3,(H,30,31)/b28-14+. The number of halogens is 3. The molecule has 7 heteroatoms. The van der Waals surface area contributed by atoms with Gasteiger partial charge in [0.25, 0.3) is 0 Å². The van der Waals surface area contributed by atoms with Gasteiger partial charge in [0.2, 0.25) is 0 Å². The van der Waals surface area contributed by atoms with Gasteiger partial charge in [0.05, 0.1) is 17.4 Å². The van der Waals surface area contributed by atoms with E-state index in [0.29, 0.717) is 11.5 Å². The fourth-order valence-corrected chi connectivity index (χ4v) is 4.79. The molecule has 4 rings (SSSR count). The highest BCUT2D eigenvalue weighted by molar-refractivity contribution is 9.11. The lowest BCUT2D eigenvalue weighted by molar-refractivity contribution is 1.02. The maximum absolute atomic E-state index is 4.88. The molecule has 4 aromatic rings. The minimum absolute atomic E-state index is 0.560. The van der Waals surface area contributed by atoms with E-state index in [1.807, 2.05) is 79.7 Å². The van der Waals surface area contributed by atoms with E-state index >= 15 is 0 Å². The Morgan fingerprint density at radius 2 is 1.68 bits per heavy atom. The number of para-hydroxylation sites is 1. The highest BCUT2D eigenvalue weighted by atomic mass is 79.9. The van der Waals surface area contributed by atoms with Gasteiger partial charge in [0.15, 0.2) is 5.84 Å². The van der Waals surface area contributed by atoms with Gasteiger partial charge in [0.1, 0.15) is 5.69 Å². The molecule has 0 aliphatic carbocycles. The summed E-state index contributed by atoms with van der Waals surface area (Å²) in [6, 6.07) is 23.9. The van der Waals surface area contributed by atoms with E-state index in [2.05, 4.69) is 58.3 Å². The summed E-state index contributed by atoms with van der Waals surface area (Å²) in [6.07, 6.45) is 1.76. The highest BCUT2D eigenvalue weighted by Gasteiger charge is 2.10. The molecule has 0 amide bonds. The molecule has 1 heterocycles. The van der Waals surface area contributed by atoms with Crippen molar-refractivity contribution in [1.82, 2.24) is 10.4 Å². The first-order valence-corrected chi connectivity index (χ1v) is 11.8. The molecular formula is C24H17Br3N4. The maximum Gasteiger partial charge on any atom is 0.173 e. The number of hydrazone groups is 1. The fourth-order valence-electron chi connectivity index (χ4n) is 3.00. The molecule has 3 aromatic carbocycles. The molecule has 0 saturated heterocycles. The number of amidine groups is 1. The third-order valence-electron chi connectivity index (χ3n) is 4.54. The van der Waals surface area contributed by atoms with Crippen molar-refractivity contribution in [3.8, 4) is 0 Å². The Kier molecular flexibility index (Phi) is 6.95. The number of pyridine rings is 1. The lowest BCUT2D eigenvalue weighted by Crippen LogP contribution is -2.20. The molecule has 0 radical (unpaired) electrons. The molecule has 0 aliphatic heterocycles. The summed E-state index contributed by atoms with van der Waals surface area (Å²) in [6.45, 7) is 2.02. The zero-order valence-electron chi connectivity index (χ0n) is 16.5. The minimum Gasteiger partial charge on any atom is -0.260 e. The number of aryl methyl sites for hydroxylation is 1. The molecule has 0 unspecified atom stereocenters. The monoisotopic (exact) mass is 598 g/mol. The second-order valence-electron chi connectivity index (χ2n) is 6.82. The number of fused-ring (bicyclic) bond motifs is 1. The first-order chi connectivity index (χ1) is 15.0. The summed E-state index contributed by atoms with van der Waals surface area (Å²) in [5, 5.41) is 5.49. The zero-order valence-corrected chi connectivity index (χ0v) is 21.2. The van der Waals surface area contributed by atoms with Crippen molar-refractivity contribution >= 4 is 76.4 Å². The summed E-state index contributed by atoms with van der Waals surface area (Å²) >= 11 is 10.6. The van der Waals surface area contributed by atoms with Crippen LogP contribution in [0.15, 0.2) is 96.3 Å². The summed E-state index contributed by atoms with van der Waals surface area (Å²) in [5.41, 5.74) is 7.52. The van der Waals surface area contributed by atoms with Crippen LogP contribution in [-0.2, 0) is 0 Å². The molecule has 0 fully saturated rings. The van der Waals surface area contributed by atoms with Gasteiger partial charge in [0, 0.05) is 18.8 Å². The van der Waals surface area contributed by atoms with E-state index < -0.39 is 0 Å². The van der Waals surface area contributed by atoms with Gasteiger partial charge in [-0.1, -0.05) is 68.3 Å². The molecule has 154 valence electrons. The Hall–Kier alpha value is -2.35. The Morgan fingerprint density at radius 1 is 0.903 bits per heavy atom. The summed E-state index contributed by atoms with van der Waals surface area (Å²) in [7, 11) is 0. The van der Waals surface area contributed by atoms with Gasteiger partial charge in [-0.3, -0.25) is 5.43 Å². The molecule has 0 aliphatic rings. The van der Waals surface area contributed by atoms with Crippen LogP contribution in [-0.4, -0.2) is 17.0 Å². The SMILES string of the molecule is Cc1cc(Br)cc(Br)c1N=C(N/N=C/c1ccc(Br)cc1)c1ccc2ccccc2n1. The van der Waals surface area contributed by atoms with Gasteiger partial charge in [-0.15, -0.1) is 0 Å². The topological polar surface area (TPSA) is 49.6 Å². The van der Waals surface area contributed by atoms with Gasteiger partial charge in [-0.2, -0.15) is 5.10 Å². The van der Waals surface area contributed by atoms with E-state index in [1.165, 1.54) is 0 Å². The van der Waals surface area contributed by atoms with Crippen molar-refractivity contribution < 1.29 is 0 Å². The Balaban J connectivity index is 1.75. The molecule has 0 saturated carbocycles. The Bertz CT molecular complexity index is 1270. The summed E-state index contributed by atoms with van der Waals surface area (Å²) in [4.78, 5) is 9.66. The van der Waals surface area contributed by atoms with Gasteiger partial charge in [-0.25, -0.2) is 9.98 Å². The number of hydrogen-bond donors (Lipinski definition) is 1. The van der Waals surface area contributed by atoms with E-state index in [4.69, 9.17) is 9.98 Å².